The quantitative estimate of drug-likeness (QED) is 0.310. The third-order valence-corrected chi connectivity index (χ3v) is 6.57. The number of amides is 2. The maximum atomic E-state index is 14.4. The van der Waals surface area contributed by atoms with Crippen molar-refractivity contribution in [3.8, 4) is 11.5 Å². The van der Waals surface area contributed by atoms with Gasteiger partial charge in [-0.3, -0.25) is 14.4 Å². The Morgan fingerprint density at radius 3 is 2.05 bits per heavy atom. The van der Waals surface area contributed by atoms with Crippen LogP contribution in [0.2, 0.25) is 0 Å². The van der Waals surface area contributed by atoms with E-state index in [2.05, 4.69) is 10.6 Å². The van der Waals surface area contributed by atoms with E-state index in [1.165, 1.54) is 12.1 Å². The van der Waals surface area contributed by atoms with Gasteiger partial charge in [-0.1, -0.05) is 30.3 Å². The number of carboxylic acids is 1. The highest BCUT2D eigenvalue weighted by Crippen LogP contribution is 2.28. The molecule has 0 unspecified atom stereocenters. The summed E-state index contributed by atoms with van der Waals surface area (Å²) in [5.74, 6) is -1.76. The van der Waals surface area contributed by atoms with Crippen molar-refractivity contribution in [1.29, 1.82) is 0 Å². The predicted molar refractivity (Wildman–Crippen MR) is 142 cm³/mol. The molecule has 1 saturated carbocycles. The summed E-state index contributed by atoms with van der Waals surface area (Å²) in [6, 6.07) is 20.1. The van der Waals surface area contributed by atoms with E-state index in [4.69, 9.17) is 14.6 Å². The second kappa shape index (κ2) is 13.4. The fourth-order valence-electron chi connectivity index (χ4n) is 4.36. The largest absolute Gasteiger partial charge is 0.490 e. The molecule has 0 heterocycles. The molecule has 1 fully saturated rings. The van der Waals surface area contributed by atoms with Crippen LogP contribution in [0.1, 0.15) is 52.0 Å². The molecule has 4 rings (SSSR count). The molecule has 2 amide bonds. The van der Waals surface area contributed by atoms with Crippen LogP contribution in [0.5, 0.6) is 11.5 Å². The summed E-state index contributed by atoms with van der Waals surface area (Å²) in [6.45, 7) is 0.573. The van der Waals surface area contributed by atoms with E-state index in [9.17, 15) is 18.8 Å². The van der Waals surface area contributed by atoms with E-state index in [0.717, 1.165) is 11.6 Å². The molecule has 0 saturated heterocycles. The Morgan fingerprint density at radius 2 is 1.44 bits per heavy atom. The van der Waals surface area contributed by atoms with E-state index in [-0.39, 0.29) is 48.9 Å². The molecule has 3 N–H and O–H groups in total. The SMILES string of the molecule is O=C(NCCNC(=O)c1ccc(OCc2ccccc2)c(F)c1)c1ccc(O[C@H]2CC[C@@H](C(=O)O)CC2)cc1. The smallest absolute Gasteiger partial charge is 0.306 e. The number of rotatable bonds is 11. The second-order valence-corrected chi connectivity index (χ2v) is 9.39. The van der Waals surface area contributed by atoms with Crippen LogP contribution in [0.3, 0.4) is 0 Å². The van der Waals surface area contributed by atoms with Crippen LogP contribution in [0.25, 0.3) is 0 Å². The maximum Gasteiger partial charge on any atom is 0.306 e. The van der Waals surface area contributed by atoms with Gasteiger partial charge in [-0.15, -0.1) is 0 Å². The number of halogens is 1. The molecule has 0 aliphatic heterocycles. The molecule has 0 radical (unpaired) electrons. The Labute approximate surface area is 226 Å². The zero-order valence-electron chi connectivity index (χ0n) is 21.4. The molecular formula is C30H31FN2O6. The Morgan fingerprint density at radius 1 is 0.821 bits per heavy atom. The molecule has 1 aliphatic carbocycles. The molecule has 1 aliphatic rings. The van der Waals surface area contributed by atoms with Gasteiger partial charge in [0.15, 0.2) is 11.6 Å². The molecule has 0 bridgehead atoms. The van der Waals surface area contributed by atoms with Gasteiger partial charge in [0.05, 0.1) is 12.0 Å². The molecule has 9 heteroatoms. The lowest BCUT2D eigenvalue weighted by atomic mass is 9.87. The summed E-state index contributed by atoms with van der Waals surface area (Å²) in [7, 11) is 0. The molecule has 0 spiro atoms. The number of hydrogen-bond donors (Lipinski definition) is 3. The van der Waals surface area contributed by atoms with Crippen molar-refractivity contribution in [2.24, 2.45) is 5.92 Å². The average Bonchev–Trinajstić information content (AvgIpc) is 2.95. The summed E-state index contributed by atoms with van der Waals surface area (Å²) < 4.78 is 25.8. The normalized spacial score (nSPS) is 16.6. The summed E-state index contributed by atoms with van der Waals surface area (Å²) in [6.07, 6.45) is 2.53. The highest BCUT2D eigenvalue weighted by molar-refractivity contribution is 5.95. The van der Waals surface area contributed by atoms with Gasteiger partial charge in [-0.2, -0.15) is 0 Å². The maximum absolute atomic E-state index is 14.4. The minimum absolute atomic E-state index is 0.0321. The molecule has 39 heavy (non-hydrogen) atoms. The molecule has 0 atom stereocenters. The van der Waals surface area contributed by atoms with Crippen LogP contribution in [0.4, 0.5) is 4.39 Å². The highest BCUT2D eigenvalue weighted by atomic mass is 19.1. The Balaban J connectivity index is 1.16. The van der Waals surface area contributed by atoms with Crippen molar-refractivity contribution in [3.63, 3.8) is 0 Å². The van der Waals surface area contributed by atoms with E-state index in [1.807, 2.05) is 30.3 Å². The standard InChI is InChI=1S/C30H31FN2O6/c31-26-18-23(10-15-27(26)38-19-20-4-2-1-3-5-20)29(35)33-17-16-32-28(34)21-6-11-24(12-7-21)39-25-13-8-22(9-14-25)30(36)37/h1-7,10-12,15,18,22,25H,8-9,13-14,16-17,19H2,(H,32,34)(H,33,35)(H,36,37)/t22-,25+. The number of benzene rings is 3. The van der Waals surface area contributed by atoms with E-state index < -0.39 is 17.7 Å². The Bertz CT molecular complexity index is 1270. The lowest BCUT2D eigenvalue weighted by Gasteiger charge is -2.26. The van der Waals surface area contributed by atoms with Crippen molar-refractivity contribution >= 4 is 17.8 Å². The monoisotopic (exact) mass is 534 g/mol. The number of carboxylic acid groups (broad SMARTS) is 1. The first-order chi connectivity index (χ1) is 18.9. The first-order valence-corrected chi connectivity index (χ1v) is 12.9. The van der Waals surface area contributed by atoms with Crippen molar-refractivity contribution < 1.29 is 33.4 Å². The molecule has 8 nitrogen and oxygen atoms in total. The van der Waals surface area contributed by atoms with Gasteiger partial charge in [0, 0.05) is 24.2 Å². The van der Waals surface area contributed by atoms with Gasteiger partial charge in [0.25, 0.3) is 11.8 Å². The minimum Gasteiger partial charge on any atom is -0.490 e. The molecule has 0 aromatic heterocycles. The Hall–Kier alpha value is -4.40. The van der Waals surface area contributed by atoms with Crippen LogP contribution < -0.4 is 20.1 Å². The highest BCUT2D eigenvalue weighted by Gasteiger charge is 2.26. The molecular weight excluding hydrogens is 503 g/mol. The lowest BCUT2D eigenvalue weighted by molar-refractivity contribution is -0.143. The average molecular weight is 535 g/mol. The number of aliphatic carboxylic acids is 1. The van der Waals surface area contributed by atoms with Crippen LogP contribution >= 0.6 is 0 Å². The number of ether oxygens (including phenoxy) is 2. The summed E-state index contributed by atoms with van der Waals surface area (Å²) >= 11 is 0. The van der Waals surface area contributed by atoms with Crippen molar-refractivity contribution in [2.45, 2.75) is 38.4 Å². The number of carbonyl (C=O) groups is 3. The molecule has 204 valence electrons. The van der Waals surface area contributed by atoms with Crippen LogP contribution in [0.15, 0.2) is 72.8 Å². The van der Waals surface area contributed by atoms with Gasteiger partial charge >= 0.3 is 5.97 Å². The zero-order valence-corrected chi connectivity index (χ0v) is 21.4. The molecule has 3 aromatic rings. The first-order valence-electron chi connectivity index (χ1n) is 12.9. The third kappa shape index (κ3) is 8.04. The summed E-state index contributed by atoms with van der Waals surface area (Å²) in [5, 5.41) is 14.5. The van der Waals surface area contributed by atoms with Gasteiger partial charge in [0.1, 0.15) is 12.4 Å². The fourth-order valence-corrected chi connectivity index (χ4v) is 4.36. The van der Waals surface area contributed by atoms with E-state index in [0.29, 0.717) is 37.0 Å². The topological polar surface area (TPSA) is 114 Å². The predicted octanol–water partition coefficient (Wildman–Crippen LogP) is 4.59. The van der Waals surface area contributed by atoms with Crippen molar-refractivity contribution in [1.82, 2.24) is 10.6 Å². The van der Waals surface area contributed by atoms with Gasteiger partial charge < -0.3 is 25.2 Å². The number of hydrogen-bond acceptors (Lipinski definition) is 5. The fraction of sp³-hybridized carbons (Fsp3) is 0.300. The lowest BCUT2D eigenvalue weighted by Crippen LogP contribution is -2.34. The van der Waals surface area contributed by atoms with Crippen molar-refractivity contribution in [2.75, 3.05) is 13.1 Å². The van der Waals surface area contributed by atoms with Crippen LogP contribution in [-0.2, 0) is 11.4 Å². The minimum atomic E-state index is -0.754. The molecule has 3 aromatic carbocycles. The van der Waals surface area contributed by atoms with Crippen LogP contribution in [0, 0.1) is 11.7 Å². The zero-order chi connectivity index (χ0) is 27.6. The van der Waals surface area contributed by atoms with Gasteiger partial charge in [-0.05, 0) is 73.7 Å². The van der Waals surface area contributed by atoms with Crippen LogP contribution in [-0.4, -0.2) is 42.1 Å². The van der Waals surface area contributed by atoms with Gasteiger partial charge in [-0.25, -0.2) is 4.39 Å². The third-order valence-electron chi connectivity index (χ3n) is 6.57. The second-order valence-electron chi connectivity index (χ2n) is 9.39. The van der Waals surface area contributed by atoms with Gasteiger partial charge in [0.2, 0.25) is 0 Å². The van der Waals surface area contributed by atoms with E-state index in [1.54, 1.807) is 24.3 Å². The Kier molecular flexibility index (Phi) is 9.50. The summed E-state index contributed by atoms with van der Waals surface area (Å²) in [5.41, 5.74) is 1.50. The number of carbonyl (C=O) groups excluding carboxylic acids is 2. The first kappa shape index (κ1) is 27.6. The summed E-state index contributed by atoms with van der Waals surface area (Å²) in [4.78, 5) is 35.9. The van der Waals surface area contributed by atoms with E-state index >= 15 is 0 Å². The van der Waals surface area contributed by atoms with Crippen molar-refractivity contribution in [3.05, 3.63) is 95.3 Å². The number of nitrogens with one attached hydrogen (secondary N) is 2.